The minimum atomic E-state index is -0.0313. The zero-order valence-corrected chi connectivity index (χ0v) is 10.8. The third kappa shape index (κ3) is 2.59. The number of nitrogens with zero attached hydrogens (tertiary/aromatic N) is 3. The van der Waals surface area contributed by atoms with Gasteiger partial charge in [0.25, 0.3) is 0 Å². The monoisotopic (exact) mass is 250 g/mol. The second-order valence-electron chi connectivity index (χ2n) is 4.02. The molecule has 0 aliphatic rings. The molecule has 0 saturated heterocycles. The first-order chi connectivity index (χ1) is 8.08. The van der Waals surface area contributed by atoms with Gasteiger partial charge >= 0.3 is 0 Å². The smallest absolute Gasteiger partial charge is 0.182 e. The highest BCUT2D eigenvalue weighted by Gasteiger charge is 2.14. The average Bonchev–Trinajstić information content (AvgIpc) is 2.77. The lowest BCUT2D eigenvalue weighted by Crippen LogP contribution is -2.16. The van der Waals surface area contributed by atoms with Crippen LogP contribution in [-0.4, -0.2) is 34.2 Å². The molecule has 2 aromatic heterocycles. The van der Waals surface area contributed by atoms with E-state index in [1.807, 2.05) is 14.1 Å². The Morgan fingerprint density at radius 2 is 2.18 bits per heavy atom. The van der Waals surface area contributed by atoms with Crippen LogP contribution < -0.4 is 5.43 Å². The minimum absolute atomic E-state index is 0.0313. The SMILES string of the molecule is CC(c1nnc(-c2cc(=O)cc[nH]2)s1)N(C)C. The van der Waals surface area contributed by atoms with Gasteiger partial charge in [-0.3, -0.25) is 4.79 Å². The first-order valence-corrected chi connectivity index (χ1v) is 6.08. The summed E-state index contributed by atoms with van der Waals surface area (Å²) in [6.45, 7) is 2.07. The van der Waals surface area contributed by atoms with Crippen LogP contribution in [0.3, 0.4) is 0 Å². The highest BCUT2D eigenvalue weighted by atomic mass is 32.1. The van der Waals surface area contributed by atoms with Crippen molar-refractivity contribution < 1.29 is 0 Å². The number of pyridine rings is 1. The fraction of sp³-hybridized carbons (Fsp3) is 0.364. The van der Waals surface area contributed by atoms with Gasteiger partial charge in [-0.1, -0.05) is 11.3 Å². The van der Waals surface area contributed by atoms with Crippen molar-refractivity contribution in [3.8, 4) is 10.7 Å². The molecule has 6 heteroatoms. The number of hydrogen-bond acceptors (Lipinski definition) is 5. The van der Waals surface area contributed by atoms with E-state index in [2.05, 4.69) is 27.0 Å². The molecule has 0 saturated carbocycles. The lowest BCUT2D eigenvalue weighted by atomic mass is 10.3. The second-order valence-corrected chi connectivity index (χ2v) is 5.03. The van der Waals surface area contributed by atoms with Crippen LogP contribution in [0.4, 0.5) is 0 Å². The van der Waals surface area contributed by atoms with Gasteiger partial charge in [0, 0.05) is 18.3 Å². The molecule has 2 rings (SSSR count). The quantitative estimate of drug-likeness (QED) is 0.897. The fourth-order valence-corrected chi connectivity index (χ4v) is 2.27. The predicted octanol–water partition coefficient (Wildman–Crippen LogP) is 1.52. The summed E-state index contributed by atoms with van der Waals surface area (Å²) in [5.41, 5.74) is 0.684. The zero-order valence-electron chi connectivity index (χ0n) is 9.97. The second kappa shape index (κ2) is 4.77. The van der Waals surface area contributed by atoms with Gasteiger partial charge in [0.1, 0.15) is 5.01 Å². The Morgan fingerprint density at radius 1 is 1.41 bits per heavy atom. The number of hydrogen-bond donors (Lipinski definition) is 1. The molecule has 17 heavy (non-hydrogen) atoms. The summed E-state index contributed by atoms with van der Waals surface area (Å²) in [6, 6.07) is 3.23. The first-order valence-electron chi connectivity index (χ1n) is 5.27. The molecule has 2 aromatic rings. The standard InChI is InChI=1S/C11H14N4OS/c1-7(15(2)3)10-13-14-11(17-10)9-6-8(16)4-5-12-9/h4-7H,1-3H3,(H,12,16). The van der Waals surface area contributed by atoms with E-state index in [-0.39, 0.29) is 11.5 Å². The Balaban J connectivity index is 2.33. The van der Waals surface area contributed by atoms with E-state index in [0.29, 0.717) is 5.69 Å². The van der Waals surface area contributed by atoms with Crippen molar-refractivity contribution in [2.75, 3.05) is 14.1 Å². The van der Waals surface area contributed by atoms with Gasteiger partial charge in [0.2, 0.25) is 0 Å². The van der Waals surface area contributed by atoms with E-state index in [1.54, 1.807) is 6.20 Å². The molecule has 1 unspecified atom stereocenters. The van der Waals surface area contributed by atoms with Crippen LogP contribution in [0.2, 0.25) is 0 Å². The van der Waals surface area contributed by atoms with Crippen LogP contribution in [0.1, 0.15) is 18.0 Å². The topological polar surface area (TPSA) is 61.9 Å². The van der Waals surface area contributed by atoms with Gasteiger partial charge in [-0.2, -0.15) is 0 Å². The summed E-state index contributed by atoms with van der Waals surface area (Å²) in [4.78, 5) is 16.3. The third-order valence-electron chi connectivity index (χ3n) is 2.58. The number of aromatic nitrogens is 3. The van der Waals surface area contributed by atoms with Gasteiger partial charge in [0.05, 0.1) is 11.7 Å². The summed E-state index contributed by atoms with van der Waals surface area (Å²) in [5.74, 6) is 0. The zero-order chi connectivity index (χ0) is 12.4. The molecule has 1 atom stereocenters. The van der Waals surface area contributed by atoms with Crippen molar-refractivity contribution in [3.63, 3.8) is 0 Å². The average molecular weight is 250 g/mol. The number of nitrogens with one attached hydrogen (secondary N) is 1. The van der Waals surface area contributed by atoms with E-state index in [4.69, 9.17) is 0 Å². The summed E-state index contributed by atoms with van der Waals surface area (Å²) in [6.07, 6.45) is 1.62. The summed E-state index contributed by atoms with van der Waals surface area (Å²) >= 11 is 1.50. The Kier molecular flexibility index (Phi) is 3.35. The molecule has 0 aromatic carbocycles. The van der Waals surface area contributed by atoms with Crippen LogP contribution in [0, 0.1) is 0 Å². The van der Waals surface area contributed by atoms with Gasteiger partial charge in [-0.05, 0) is 21.0 Å². The highest BCUT2D eigenvalue weighted by Crippen LogP contribution is 2.26. The Labute approximate surface area is 103 Å². The van der Waals surface area contributed by atoms with Crippen molar-refractivity contribution in [2.45, 2.75) is 13.0 Å². The number of aromatic amines is 1. The van der Waals surface area contributed by atoms with Crippen molar-refractivity contribution in [3.05, 3.63) is 33.6 Å². The molecule has 0 amide bonds. The molecule has 2 heterocycles. The van der Waals surface area contributed by atoms with Crippen molar-refractivity contribution in [2.24, 2.45) is 0 Å². The van der Waals surface area contributed by atoms with Gasteiger partial charge in [-0.15, -0.1) is 10.2 Å². The Hall–Kier alpha value is -1.53. The molecular formula is C11H14N4OS. The summed E-state index contributed by atoms with van der Waals surface area (Å²) < 4.78 is 0. The van der Waals surface area contributed by atoms with Gasteiger partial charge < -0.3 is 9.88 Å². The third-order valence-corrected chi connectivity index (χ3v) is 3.70. The van der Waals surface area contributed by atoms with Crippen LogP contribution >= 0.6 is 11.3 Å². The van der Waals surface area contributed by atoms with Crippen LogP contribution in [0.15, 0.2) is 23.1 Å². The maximum atomic E-state index is 11.2. The van der Waals surface area contributed by atoms with Crippen LogP contribution in [-0.2, 0) is 0 Å². The molecule has 0 spiro atoms. The normalized spacial score (nSPS) is 12.9. The minimum Gasteiger partial charge on any atom is -0.359 e. The molecule has 0 fully saturated rings. The summed E-state index contributed by atoms with van der Waals surface area (Å²) in [7, 11) is 3.99. The molecular weight excluding hydrogens is 236 g/mol. The van der Waals surface area contributed by atoms with E-state index < -0.39 is 0 Å². The van der Waals surface area contributed by atoms with E-state index >= 15 is 0 Å². The maximum Gasteiger partial charge on any atom is 0.182 e. The largest absolute Gasteiger partial charge is 0.359 e. The Morgan fingerprint density at radius 3 is 2.82 bits per heavy atom. The van der Waals surface area contributed by atoms with E-state index in [0.717, 1.165) is 10.0 Å². The molecule has 5 nitrogen and oxygen atoms in total. The van der Waals surface area contributed by atoms with Crippen LogP contribution in [0.25, 0.3) is 10.7 Å². The Bertz CT molecular complexity index is 560. The van der Waals surface area contributed by atoms with E-state index in [1.165, 1.54) is 23.5 Å². The highest BCUT2D eigenvalue weighted by molar-refractivity contribution is 7.14. The van der Waals surface area contributed by atoms with Gasteiger partial charge in [0.15, 0.2) is 10.4 Å². The summed E-state index contributed by atoms with van der Waals surface area (Å²) in [5, 5.41) is 9.93. The van der Waals surface area contributed by atoms with Crippen molar-refractivity contribution in [1.29, 1.82) is 0 Å². The molecule has 0 radical (unpaired) electrons. The molecule has 1 N–H and O–H groups in total. The lowest BCUT2D eigenvalue weighted by molar-refractivity contribution is 0.319. The predicted molar refractivity (Wildman–Crippen MR) is 68.1 cm³/mol. The van der Waals surface area contributed by atoms with Gasteiger partial charge in [-0.25, -0.2) is 0 Å². The molecule has 90 valence electrons. The van der Waals surface area contributed by atoms with E-state index in [9.17, 15) is 4.79 Å². The molecule has 0 aliphatic carbocycles. The molecule has 0 aliphatic heterocycles. The molecule has 0 bridgehead atoms. The number of rotatable bonds is 3. The van der Waals surface area contributed by atoms with Crippen molar-refractivity contribution >= 4 is 11.3 Å². The maximum absolute atomic E-state index is 11.2. The first kappa shape index (κ1) is 11.9. The lowest BCUT2D eigenvalue weighted by Gasteiger charge is -2.15. The van der Waals surface area contributed by atoms with Crippen molar-refractivity contribution in [1.82, 2.24) is 20.1 Å². The van der Waals surface area contributed by atoms with Crippen LogP contribution in [0.5, 0.6) is 0 Å². The number of H-pyrrole nitrogens is 1. The fourth-order valence-electron chi connectivity index (χ4n) is 1.30.